The van der Waals surface area contributed by atoms with Crippen molar-refractivity contribution in [2.75, 3.05) is 0 Å². The lowest BCUT2D eigenvalue weighted by atomic mass is 9.98. The first-order valence-electron chi connectivity index (χ1n) is 5.41. The minimum atomic E-state index is 0.871. The SMILES string of the molecule is C=CCCC[C@@H](C)CCC=C(C)C. The Kier molecular flexibility index (Phi) is 7.77. The molecule has 0 fully saturated rings. The first kappa shape index (κ1) is 12.5. The van der Waals surface area contributed by atoms with Crippen molar-refractivity contribution in [3.63, 3.8) is 0 Å². The molecule has 0 rings (SSSR count). The Hall–Kier alpha value is -0.520. The molecule has 0 spiro atoms. The van der Waals surface area contributed by atoms with Crippen molar-refractivity contribution >= 4 is 0 Å². The Bertz CT molecular complexity index is 149. The average molecular weight is 180 g/mol. The van der Waals surface area contributed by atoms with E-state index in [1.807, 2.05) is 6.08 Å². The number of rotatable bonds is 7. The fourth-order valence-corrected chi connectivity index (χ4v) is 1.41. The van der Waals surface area contributed by atoms with Crippen LogP contribution in [0.15, 0.2) is 24.3 Å². The Morgan fingerprint density at radius 3 is 2.46 bits per heavy atom. The van der Waals surface area contributed by atoms with Gasteiger partial charge in [-0.15, -0.1) is 6.58 Å². The van der Waals surface area contributed by atoms with Gasteiger partial charge in [0.1, 0.15) is 0 Å². The Balaban J connectivity index is 3.34. The first-order valence-corrected chi connectivity index (χ1v) is 5.41. The van der Waals surface area contributed by atoms with Crippen LogP contribution in [0, 0.1) is 5.92 Å². The fraction of sp³-hybridized carbons (Fsp3) is 0.692. The lowest BCUT2D eigenvalue weighted by Gasteiger charge is -2.08. The maximum absolute atomic E-state index is 3.73. The molecule has 0 aromatic rings. The maximum atomic E-state index is 3.73. The van der Waals surface area contributed by atoms with Crippen LogP contribution in [0.25, 0.3) is 0 Å². The van der Waals surface area contributed by atoms with Crippen molar-refractivity contribution in [3.05, 3.63) is 24.3 Å². The van der Waals surface area contributed by atoms with E-state index in [1.54, 1.807) is 0 Å². The molecule has 0 aliphatic carbocycles. The van der Waals surface area contributed by atoms with Crippen LogP contribution in [0.2, 0.25) is 0 Å². The van der Waals surface area contributed by atoms with Crippen LogP contribution in [0.4, 0.5) is 0 Å². The van der Waals surface area contributed by atoms with Gasteiger partial charge in [0.15, 0.2) is 0 Å². The second kappa shape index (κ2) is 8.10. The molecule has 0 aliphatic heterocycles. The zero-order valence-corrected chi connectivity index (χ0v) is 9.47. The Morgan fingerprint density at radius 2 is 1.92 bits per heavy atom. The monoisotopic (exact) mass is 180 g/mol. The number of hydrogen-bond acceptors (Lipinski definition) is 0. The average Bonchev–Trinajstić information content (AvgIpc) is 2.04. The van der Waals surface area contributed by atoms with Gasteiger partial charge in [0, 0.05) is 0 Å². The molecular formula is C13H24. The van der Waals surface area contributed by atoms with Gasteiger partial charge >= 0.3 is 0 Å². The summed E-state index contributed by atoms with van der Waals surface area (Å²) in [6.45, 7) is 10.4. The normalized spacial score (nSPS) is 12.2. The van der Waals surface area contributed by atoms with Crippen molar-refractivity contribution in [3.8, 4) is 0 Å². The molecule has 0 bridgehead atoms. The van der Waals surface area contributed by atoms with E-state index in [4.69, 9.17) is 0 Å². The number of unbranched alkanes of at least 4 members (excludes halogenated alkanes) is 1. The predicted molar refractivity (Wildman–Crippen MR) is 61.9 cm³/mol. The smallest absolute Gasteiger partial charge is 0.0346 e. The zero-order valence-electron chi connectivity index (χ0n) is 9.47. The summed E-state index contributed by atoms with van der Waals surface area (Å²) in [4.78, 5) is 0. The van der Waals surface area contributed by atoms with E-state index in [1.165, 1.54) is 37.7 Å². The molecule has 0 N–H and O–H groups in total. The summed E-state index contributed by atoms with van der Waals surface area (Å²) in [7, 11) is 0. The van der Waals surface area contributed by atoms with Crippen molar-refractivity contribution in [2.24, 2.45) is 5.92 Å². The van der Waals surface area contributed by atoms with Gasteiger partial charge in [-0.2, -0.15) is 0 Å². The third-order valence-electron chi connectivity index (χ3n) is 2.32. The van der Waals surface area contributed by atoms with Gasteiger partial charge < -0.3 is 0 Å². The summed E-state index contributed by atoms with van der Waals surface area (Å²) in [6, 6.07) is 0. The highest BCUT2D eigenvalue weighted by Crippen LogP contribution is 2.14. The van der Waals surface area contributed by atoms with E-state index in [2.05, 4.69) is 33.4 Å². The second-order valence-corrected chi connectivity index (χ2v) is 4.18. The van der Waals surface area contributed by atoms with E-state index in [-0.39, 0.29) is 0 Å². The molecule has 0 aromatic heterocycles. The molecule has 0 heteroatoms. The highest BCUT2D eigenvalue weighted by molar-refractivity contribution is 4.92. The van der Waals surface area contributed by atoms with E-state index in [9.17, 15) is 0 Å². The van der Waals surface area contributed by atoms with E-state index < -0.39 is 0 Å². The topological polar surface area (TPSA) is 0 Å². The predicted octanol–water partition coefficient (Wildman–Crippen LogP) is 4.73. The lowest BCUT2D eigenvalue weighted by molar-refractivity contribution is 0.481. The van der Waals surface area contributed by atoms with Crippen LogP contribution in [0.5, 0.6) is 0 Å². The van der Waals surface area contributed by atoms with Gasteiger partial charge in [0.2, 0.25) is 0 Å². The Labute approximate surface area is 83.7 Å². The number of hydrogen-bond donors (Lipinski definition) is 0. The van der Waals surface area contributed by atoms with Gasteiger partial charge in [0.25, 0.3) is 0 Å². The highest BCUT2D eigenvalue weighted by Gasteiger charge is 1.99. The van der Waals surface area contributed by atoms with Crippen LogP contribution in [0.3, 0.4) is 0 Å². The van der Waals surface area contributed by atoms with Gasteiger partial charge in [-0.05, 0) is 45.4 Å². The molecule has 76 valence electrons. The first-order chi connectivity index (χ1) is 6.16. The van der Waals surface area contributed by atoms with Gasteiger partial charge in [-0.1, -0.05) is 31.1 Å². The summed E-state index contributed by atoms with van der Waals surface area (Å²) < 4.78 is 0. The molecule has 0 aliphatic rings. The molecule has 0 aromatic carbocycles. The van der Waals surface area contributed by atoms with Crippen LogP contribution in [0.1, 0.15) is 52.9 Å². The van der Waals surface area contributed by atoms with Crippen LogP contribution < -0.4 is 0 Å². The molecule has 0 saturated carbocycles. The largest absolute Gasteiger partial charge is 0.103 e. The molecule has 0 heterocycles. The Morgan fingerprint density at radius 1 is 1.23 bits per heavy atom. The van der Waals surface area contributed by atoms with Crippen molar-refractivity contribution in [1.82, 2.24) is 0 Å². The van der Waals surface area contributed by atoms with Crippen molar-refractivity contribution in [2.45, 2.75) is 52.9 Å². The molecule has 0 saturated heterocycles. The van der Waals surface area contributed by atoms with Crippen LogP contribution in [-0.4, -0.2) is 0 Å². The maximum Gasteiger partial charge on any atom is -0.0346 e. The second-order valence-electron chi connectivity index (χ2n) is 4.18. The molecule has 0 amide bonds. The summed E-state index contributed by atoms with van der Waals surface area (Å²) >= 11 is 0. The lowest BCUT2D eigenvalue weighted by Crippen LogP contribution is -1.93. The molecule has 13 heavy (non-hydrogen) atoms. The van der Waals surface area contributed by atoms with Gasteiger partial charge in [-0.25, -0.2) is 0 Å². The van der Waals surface area contributed by atoms with E-state index in [0.29, 0.717) is 0 Å². The number of allylic oxidation sites excluding steroid dienone is 3. The van der Waals surface area contributed by atoms with Crippen molar-refractivity contribution < 1.29 is 0 Å². The zero-order chi connectivity index (χ0) is 10.1. The summed E-state index contributed by atoms with van der Waals surface area (Å²) in [5, 5.41) is 0. The highest BCUT2D eigenvalue weighted by atomic mass is 14.0. The third kappa shape index (κ3) is 9.39. The molecule has 1 atom stereocenters. The van der Waals surface area contributed by atoms with E-state index >= 15 is 0 Å². The third-order valence-corrected chi connectivity index (χ3v) is 2.32. The van der Waals surface area contributed by atoms with Gasteiger partial charge in [-0.3, -0.25) is 0 Å². The summed E-state index contributed by atoms with van der Waals surface area (Å²) in [5.41, 5.74) is 1.44. The summed E-state index contributed by atoms with van der Waals surface area (Å²) in [6.07, 6.45) is 10.8. The summed E-state index contributed by atoms with van der Waals surface area (Å²) in [5.74, 6) is 0.871. The van der Waals surface area contributed by atoms with Gasteiger partial charge in [0.05, 0.1) is 0 Å². The van der Waals surface area contributed by atoms with Crippen molar-refractivity contribution in [1.29, 1.82) is 0 Å². The molecule has 0 unspecified atom stereocenters. The standard InChI is InChI=1S/C13H24/c1-5-6-7-10-13(4)11-8-9-12(2)3/h5,9,13H,1,6-8,10-11H2,2-4H3/t13-/m1/s1. The molecule has 0 nitrogen and oxygen atoms in total. The minimum absolute atomic E-state index is 0.871. The minimum Gasteiger partial charge on any atom is -0.103 e. The van der Waals surface area contributed by atoms with Crippen LogP contribution in [-0.2, 0) is 0 Å². The quantitative estimate of drug-likeness (QED) is 0.392. The fourth-order valence-electron chi connectivity index (χ4n) is 1.41. The molecular weight excluding hydrogens is 156 g/mol. The van der Waals surface area contributed by atoms with Crippen LogP contribution >= 0.6 is 0 Å². The van der Waals surface area contributed by atoms with E-state index in [0.717, 1.165) is 5.92 Å². The molecule has 0 radical (unpaired) electrons.